The standard InChI is InChI=1S/C5H5FN2OS/c1-10(9)5-7-2-4(6)3-8-5/h2-3H,1H3/t10-/m0/s1. The smallest absolute Gasteiger partial charge is 0.218 e. The first-order valence-electron chi connectivity index (χ1n) is 2.51. The Morgan fingerprint density at radius 1 is 1.50 bits per heavy atom. The molecule has 0 N–H and O–H groups in total. The third-order valence-corrected chi connectivity index (χ3v) is 1.58. The van der Waals surface area contributed by atoms with Crippen LogP contribution >= 0.6 is 0 Å². The summed E-state index contributed by atoms with van der Waals surface area (Å²) in [5.41, 5.74) is 0. The summed E-state index contributed by atoms with van der Waals surface area (Å²) in [6, 6.07) is 0. The second-order valence-electron chi connectivity index (χ2n) is 1.64. The molecular weight excluding hydrogens is 155 g/mol. The third kappa shape index (κ3) is 1.57. The van der Waals surface area contributed by atoms with Gasteiger partial charge < -0.3 is 0 Å². The van der Waals surface area contributed by atoms with Crippen molar-refractivity contribution in [2.24, 2.45) is 0 Å². The normalized spacial score (nSPS) is 13.0. The lowest BCUT2D eigenvalue weighted by atomic mass is 10.7. The third-order valence-electron chi connectivity index (χ3n) is 0.854. The molecule has 3 nitrogen and oxygen atoms in total. The van der Waals surface area contributed by atoms with E-state index in [2.05, 4.69) is 9.97 Å². The monoisotopic (exact) mass is 160 g/mol. The lowest BCUT2D eigenvalue weighted by Gasteiger charge is -1.90. The van der Waals surface area contributed by atoms with Crippen LogP contribution in [0.25, 0.3) is 0 Å². The molecular formula is C5H5FN2OS. The molecule has 1 heterocycles. The lowest BCUT2D eigenvalue weighted by Crippen LogP contribution is -1.95. The number of nitrogens with zero attached hydrogens (tertiary/aromatic N) is 2. The Labute approximate surface area is 59.8 Å². The van der Waals surface area contributed by atoms with Crippen LogP contribution in [0.1, 0.15) is 0 Å². The fourth-order valence-corrected chi connectivity index (χ4v) is 0.851. The van der Waals surface area contributed by atoms with Gasteiger partial charge in [-0.25, -0.2) is 14.4 Å². The van der Waals surface area contributed by atoms with Crippen LogP contribution in [0, 0.1) is 5.82 Å². The second kappa shape index (κ2) is 2.83. The van der Waals surface area contributed by atoms with E-state index in [1.165, 1.54) is 6.26 Å². The Balaban J connectivity index is 3.00. The summed E-state index contributed by atoms with van der Waals surface area (Å²) < 4.78 is 22.7. The van der Waals surface area contributed by atoms with Gasteiger partial charge in [-0.15, -0.1) is 0 Å². The van der Waals surface area contributed by atoms with Crippen molar-refractivity contribution in [2.45, 2.75) is 5.16 Å². The zero-order valence-electron chi connectivity index (χ0n) is 5.24. The van der Waals surface area contributed by atoms with E-state index >= 15 is 0 Å². The Morgan fingerprint density at radius 2 is 2.00 bits per heavy atom. The van der Waals surface area contributed by atoms with E-state index in [4.69, 9.17) is 0 Å². The summed E-state index contributed by atoms with van der Waals surface area (Å²) in [7, 11) is -1.23. The van der Waals surface area contributed by atoms with Gasteiger partial charge in [0, 0.05) is 6.26 Å². The minimum atomic E-state index is -1.23. The van der Waals surface area contributed by atoms with Gasteiger partial charge in [-0.3, -0.25) is 4.21 Å². The Hall–Kier alpha value is -0.840. The molecule has 0 aliphatic carbocycles. The van der Waals surface area contributed by atoms with Crippen molar-refractivity contribution in [3.63, 3.8) is 0 Å². The molecule has 54 valence electrons. The van der Waals surface area contributed by atoms with Crippen molar-refractivity contribution in [1.29, 1.82) is 0 Å². The van der Waals surface area contributed by atoms with Crippen molar-refractivity contribution in [2.75, 3.05) is 6.26 Å². The lowest BCUT2D eigenvalue weighted by molar-refractivity contribution is 0.603. The topological polar surface area (TPSA) is 42.9 Å². The Morgan fingerprint density at radius 3 is 2.40 bits per heavy atom. The first-order valence-corrected chi connectivity index (χ1v) is 4.07. The molecule has 1 aromatic rings. The van der Waals surface area contributed by atoms with Crippen LogP contribution in [-0.2, 0) is 10.8 Å². The highest BCUT2D eigenvalue weighted by atomic mass is 32.2. The van der Waals surface area contributed by atoms with Gasteiger partial charge in [-0.1, -0.05) is 0 Å². The van der Waals surface area contributed by atoms with E-state index in [9.17, 15) is 8.60 Å². The fourth-order valence-electron chi connectivity index (χ4n) is 0.449. The molecule has 5 heteroatoms. The number of halogens is 1. The largest absolute Gasteiger partial charge is 0.251 e. The maximum atomic E-state index is 12.1. The minimum absolute atomic E-state index is 0.154. The average Bonchev–Trinajstić information content (AvgIpc) is 1.88. The van der Waals surface area contributed by atoms with Gasteiger partial charge >= 0.3 is 0 Å². The van der Waals surface area contributed by atoms with Gasteiger partial charge in [0.25, 0.3) is 0 Å². The molecule has 0 saturated carbocycles. The molecule has 1 atom stereocenters. The fraction of sp³-hybridized carbons (Fsp3) is 0.200. The summed E-state index contributed by atoms with van der Waals surface area (Å²) in [5.74, 6) is -0.519. The zero-order chi connectivity index (χ0) is 7.56. The molecule has 0 aliphatic heterocycles. The van der Waals surface area contributed by atoms with Gasteiger partial charge in [0.2, 0.25) is 5.16 Å². The Bertz CT molecular complexity index is 248. The molecule has 0 unspecified atom stereocenters. The SMILES string of the molecule is C[S@](=O)c1ncc(F)cn1. The van der Waals surface area contributed by atoms with Crippen molar-refractivity contribution in [1.82, 2.24) is 9.97 Å². The second-order valence-corrected chi connectivity index (χ2v) is 2.91. The number of aromatic nitrogens is 2. The molecule has 0 spiro atoms. The van der Waals surface area contributed by atoms with Crippen LogP contribution in [0.5, 0.6) is 0 Å². The predicted molar refractivity (Wildman–Crippen MR) is 34.3 cm³/mol. The van der Waals surface area contributed by atoms with Crippen LogP contribution in [0.4, 0.5) is 4.39 Å². The van der Waals surface area contributed by atoms with Crippen LogP contribution in [0.3, 0.4) is 0 Å². The summed E-state index contributed by atoms with van der Waals surface area (Å²) >= 11 is 0. The highest BCUT2D eigenvalue weighted by molar-refractivity contribution is 7.84. The minimum Gasteiger partial charge on any atom is -0.251 e. The van der Waals surface area contributed by atoms with E-state index < -0.39 is 16.6 Å². The maximum absolute atomic E-state index is 12.1. The summed E-state index contributed by atoms with van der Waals surface area (Å²) in [6.07, 6.45) is 3.42. The summed E-state index contributed by atoms with van der Waals surface area (Å²) in [4.78, 5) is 6.98. The van der Waals surface area contributed by atoms with Crippen molar-refractivity contribution < 1.29 is 8.60 Å². The number of hydrogen-bond donors (Lipinski definition) is 0. The average molecular weight is 160 g/mol. The van der Waals surface area contributed by atoms with Gasteiger partial charge in [0.05, 0.1) is 23.2 Å². The molecule has 10 heavy (non-hydrogen) atoms. The van der Waals surface area contributed by atoms with Gasteiger partial charge in [0.1, 0.15) is 0 Å². The predicted octanol–water partition coefficient (Wildman–Crippen LogP) is 0.353. The molecule has 0 bridgehead atoms. The molecule has 1 aromatic heterocycles. The van der Waals surface area contributed by atoms with Crippen molar-refractivity contribution in [3.05, 3.63) is 18.2 Å². The molecule has 0 amide bonds. The van der Waals surface area contributed by atoms with E-state index in [1.54, 1.807) is 0 Å². The first kappa shape index (κ1) is 7.27. The molecule has 0 aromatic carbocycles. The highest BCUT2D eigenvalue weighted by Crippen LogP contribution is 1.95. The van der Waals surface area contributed by atoms with E-state index in [0.717, 1.165) is 12.4 Å². The zero-order valence-corrected chi connectivity index (χ0v) is 6.06. The quantitative estimate of drug-likeness (QED) is 0.557. The number of rotatable bonds is 1. The van der Waals surface area contributed by atoms with Crippen molar-refractivity contribution >= 4 is 10.8 Å². The van der Waals surface area contributed by atoms with Gasteiger partial charge in [-0.05, 0) is 0 Å². The van der Waals surface area contributed by atoms with Crippen LogP contribution in [0.2, 0.25) is 0 Å². The van der Waals surface area contributed by atoms with Gasteiger partial charge in [0.15, 0.2) is 5.82 Å². The van der Waals surface area contributed by atoms with Crippen LogP contribution < -0.4 is 0 Å². The molecule has 0 fully saturated rings. The molecule has 0 radical (unpaired) electrons. The molecule has 1 rings (SSSR count). The van der Waals surface area contributed by atoms with Crippen molar-refractivity contribution in [3.8, 4) is 0 Å². The van der Waals surface area contributed by atoms with Gasteiger partial charge in [-0.2, -0.15) is 0 Å². The van der Waals surface area contributed by atoms with E-state index in [1.807, 2.05) is 0 Å². The van der Waals surface area contributed by atoms with Crippen LogP contribution in [-0.4, -0.2) is 20.4 Å². The molecule has 0 saturated heterocycles. The summed E-state index contributed by atoms with van der Waals surface area (Å²) in [6.45, 7) is 0. The van der Waals surface area contributed by atoms with E-state index in [-0.39, 0.29) is 5.16 Å². The molecule has 0 aliphatic rings. The summed E-state index contributed by atoms with van der Waals surface area (Å²) in [5, 5.41) is 0.154. The Kier molecular flexibility index (Phi) is 2.06. The maximum Gasteiger partial charge on any atom is 0.218 e. The first-order chi connectivity index (χ1) is 4.70. The van der Waals surface area contributed by atoms with E-state index in [0.29, 0.717) is 0 Å². The van der Waals surface area contributed by atoms with Crippen LogP contribution in [0.15, 0.2) is 17.6 Å². The number of hydrogen-bond acceptors (Lipinski definition) is 3. The highest BCUT2D eigenvalue weighted by Gasteiger charge is 1.98.